The van der Waals surface area contributed by atoms with Crippen LogP contribution in [0.5, 0.6) is 0 Å². The fourth-order valence-electron chi connectivity index (χ4n) is 0.765. The lowest BCUT2D eigenvalue weighted by atomic mass is 10.1. The van der Waals surface area contributed by atoms with Crippen molar-refractivity contribution in [3.8, 4) is 6.07 Å². The highest BCUT2D eigenvalue weighted by molar-refractivity contribution is 5.44. The molecule has 1 aromatic rings. The second-order valence-electron chi connectivity index (χ2n) is 2.25. The summed E-state index contributed by atoms with van der Waals surface area (Å²) in [6.45, 7) is 1.95. The van der Waals surface area contributed by atoms with Crippen LogP contribution in [0.25, 0.3) is 0 Å². The minimum absolute atomic E-state index is 0.699. The molecule has 0 unspecified atom stereocenters. The van der Waals surface area contributed by atoms with Gasteiger partial charge in [0.2, 0.25) is 0 Å². The van der Waals surface area contributed by atoms with Crippen molar-refractivity contribution in [2.75, 3.05) is 0 Å². The highest BCUT2D eigenvalue weighted by atomic mass is 14.5. The maximum absolute atomic E-state index is 8.48. The largest absolute Gasteiger partial charge is 0.325 e. The average Bonchev–Trinajstić information content (AvgIpc) is 1.95. The predicted molar refractivity (Wildman–Crippen MR) is 38.4 cm³/mol. The molecule has 0 saturated carbocycles. The SMILES string of the molecule is Cc1cc(C#N)ccc1[NH3+]. The first-order valence-corrected chi connectivity index (χ1v) is 3.07. The van der Waals surface area contributed by atoms with Gasteiger partial charge in [0.05, 0.1) is 11.6 Å². The van der Waals surface area contributed by atoms with Crippen LogP contribution in [-0.2, 0) is 0 Å². The number of quaternary nitrogens is 1. The molecule has 50 valence electrons. The van der Waals surface area contributed by atoms with E-state index in [-0.39, 0.29) is 0 Å². The molecule has 2 nitrogen and oxygen atoms in total. The van der Waals surface area contributed by atoms with Crippen LogP contribution in [0.2, 0.25) is 0 Å². The Morgan fingerprint density at radius 2 is 2.20 bits per heavy atom. The Kier molecular flexibility index (Phi) is 1.70. The lowest BCUT2D eigenvalue weighted by molar-refractivity contribution is -0.255. The minimum atomic E-state index is 0.699. The van der Waals surface area contributed by atoms with Crippen molar-refractivity contribution in [1.29, 1.82) is 5.26 Å². The van der Waals surface area contributed by atoms with E-state index < -0.39 is 0 Å². The van der Waals surface area contributed by atoms with Crippen LogP contribution in [0.1, 0.15) is 11.1 Å². The maximum atomic E-state index is 8.48. The number of benzene rings is 1. The molecule has 0 saturated heterocycles. The normalized spacial score (nSPS) is 8.90. The second kappa shape index (κ2) is 2.51. The van der Waals surface area contributed by atoms with E-state index in [1.807, 2.05) is 19.1 Å². The molecule has 1 aromatic carbocycles. The van der Waals surface area contributed by atoms with Crippen molar-refractivity contribution in [2.24, 2.45) is 0 Å². The van der Waals surface area contributed by atoms with Crippen molar-refractivity contribution in [3.63, 3.8) is 0 Å². The van der Waals surface area contributed by atoms with Gasteiger partial charge in [0.15, 0.2) is 0 Å². The van der Waals surface area contributed by atoms with Gasteiger partial charge in [-0.2, -0.15) is 5.26 Å². The van der Waals surface area contributed by atoms with Crippen molar-refractivity contribution in [1.82, 2.24) is 0 Å². The average molecular weight is 133 g/mol. The molecule has 1 rings (SSSR count). The molecule has 0 radical (unpaired) electrons. The van der Waals surface area contributed by atoms with E-state index in [0.29, 0.717) is 5.56 Å². The first-order chi connectivity index (χ1) is 4.74. The molecule has 0 spiro atoms. The van der Waals surface area contributed by atoms with Crippen molar-refractivity contribution in [3.05, 3.63) is 29.3 Å². The number of nitrogens with zero attached hydrogens (tertiary/aromatic N) is 1. The molecule has 0 fully saturated rings. The van der Waals surface area contributed by atoms with Crippen LogP contribution in [0, 0.1) is 18.3 Å². The molecule has 0 heterocycles. The van der Waals surface area contributed by atoms with E-state index >= 15 is 0 Å². The molecule has 0 aliphatic heterocycles. The summed E-state index contributed by atoms with van der Waals surface area (Å²) in [5.41, 5.74) is 6.54. The molecule has 0 atom stereocenters. The third-order valence-corrected chi connectivity index (χ3v) is 1.47. The Labute approximate surface area is 59.9 Å². The number of rotatable bonds is 0. The zero-order valence-electron chi connectivity index (χ0n) is 5.89. The summed E-state index contributed by atoms with van der Waals surface area (Å²) in [6.07, 6.45) is 0. The van der Waals surface area contributed by atoms with Gasteiger partial charge >= 0.3 is 0 Å². The number of hydrogen-bond acceptors (Lipinski definition) is 1. The summed E-state index contributed by atoms with van der Waals surface area (Å²) < 4.78 is 0. The van der Waals surface area contributed by atoms with Gasteiger partial charge in [0.25, 0.3) is 0 Å². The van der Waals surface area contributed by atoms with E-state index in [4.69, 9.17) is 5.26 Å². The Balaban J connectivity index is 3.20. The van der Waals surface area contributed by atoms with Gasteiger partial charge in [-0.1, -0.05) is 0 Å². The van der Waals surface area contributed by atoms with Gasteiger partial charge < -0.3 is 5.73 Å². The Bertz CT molecular complexity index is 284. The lowest BCUT2D eigenvalue weighted by Crippen LogP contribution is -2.41. The molecular weight excluding hydrogens is 124 g/mol. The first-order valence-electron chi connectivity index (χ1n) is 3.07. The van der Waals surface area contributed by atoms with E-state index in [2.05, 4.69) is 11.8 Å². The Morgan fingerprint density at radius 1 is 1.50 bits per heavy atom. The number of aryl methyl sites for hydroxylation is 1. The highest BCUT2D eigenvalue weighted by Crippen LogP contribution is 2.09. The third-order valence-electron chi connectivity index (χ3n) is 1.47. The standard InChI is InChI=1S/C8H8N2/c1-6-4-7(5-9)2-3-8(6)10/h2-4H,10H2,1H3/p+1. The molecule has 0 aliphatic carbocycles. The van der Waals surface area contributed by atoms with Crippen molar-refractivity contribution in [2.45, 2.75) is 6.92 Å². The molecule has 0 aromatic heterocycles. The summed E-state index contributed by atoms with van der Waals surface area (Å²) in [4.78, 5) is 0. The summed E-state index contributed by atoms with van der Waals surface area (Å²) in [5.74, 6) is 0. The molecule has 0 aliphatic rings. The number of hydrogen-bond donors (Lipinski definition) is 1. The molecular formula is C8H9N2+. The van der Waals surface area contributed by atoms with E-state index in [1.165, 1.54) is 0 Å². The predicted octanol–water partition coefficient (Wildman–Crippen LogP) is 0.740. The molecule has 10 heavy (non-hydrogen) atoms. The van der Waals surface area contributed by atoms with Gasteiger partial charge in [-0.15, -0.1) is 0 Å². The first kappa shape index (κ1) is 6.79. The van der Waals surface area contributed by atoms with E-state index in [9.17, 15) is 0 Å². The van der Waals surface area contributed by atoms with Crippen LogP contribution in [0.15, 0.2) is 18.2 Å². The monoisotopic (exact) mass is 133 g/mol. The summed E-state index contributed by atoms with van der Waals surface area (Å²) in [6, 6.07) is 7.53. The Morgan fingerprint density at radius 3 is 2.70 bits per heavy atom. The zero-order chi connectivity index (χ0) is 7.56. The van der Waals surface area contributed by atoms with Gasteiger partial charge in [-0.25, -0.2) is 0 Å². The molecule has 0 amide bonds. The van der Waals surface area contributed by atoms with Crippen LogP contribution < -0.4 is 5.73 Å². The van der Waals surface area contributed by atoms with Gasteiger partial charge in [-0.3, -0.25) is 0 Å². The topological polar surface area (TPSA) is 51.4 Å². The quantitative estimate of drug-likeness (QED) is 0.557. The molecule has 2 heteroatoms. The van der Waals surface area contributed by atoms with Crippen molar-refractivity contribution < 1.29 is 5.73 Å². The van der Waals surface area contributed by atoms with Crippen LogP contribution in [-0.4, -0.2) is 0 Å². The second-order valence-corrected chi connectivity index (χ2v) is 2.25. The van der Waals surface area contributed by atoms with Gasteiger partial charge in [-0.05, 0) is 19.1 Å². The zero-order valence-corrected chi connectivity index (χ0v) is 5.89. The van der Waals surface area contributed by atoms with E-state index in [1.54, 1.807) is 6.07 Å². The number of nitriles is 1. The summed E-state index contributed by atoms with van der Waals surface area (Å²) in [7, 11) is 0. The van der Waals surface area contributed by atoms with E-state index in [0.717, 1.165) is 11.3 Å². The Hall–Kier alpha value is -1.33. The van der Waals surface area contributed by atoms with Crippen LogP contribution in [0.3, 0.4) is 0 Å². The fourth-order valence-corrected chi connectivity index (χ4v) is 0.765. The lowest BCUT2D eigenvalue weighted by Gasteiger charge is -1.93. The molecule has 0 bridgehead atoms. The maximum Gasteiger partial charge on any atom is 0.130 e. The molecule has 3 N–H and O–H groups in total. The smallest absolute Gasteiger partial charge is 0.130 e. The summed E-state index contributed by atoms with van der Waals surface area (Å²) in [5, 5.41) is 8.48. The van der Waals surface area contributed by atoms with Crippen LogP contribution in [0.4, 0.5) is 5.69 Å². The highest BCUT2D eigenvalue weighted by Gasteiger charge is 1.96. The minimum Gasteiger partial charge on any atom is -0.325 e. The van der Waals surface area contributed by atoms with Gasteiger partial charge in [0.1, 0.15) is 5.69 Å². The van der Waals surface area contributed by atoms with Crippen molar-refractivity contribution >= 4 is 5.69 Å². The summed E-state index contributed by atoms with van der Waals surface area (Å²) >= 11 is 0. The van der Waals surface area contributed by atoms with Crippen LogP contribution >= 0.6 is 0 Å². The fraction of sp³-hybridized carbons (Fsp3) is 0.125. The van der Waals surface area contributed by atoms with Gasteiger partial charge in [0, 0.05) is 11.6 Å². The third kappa shape index (κ3) is 1.15.